The molecule has 1 N–H and O–H groups in total. The number of methoxy groups -OCH3 is 1. The van der Waals surface area contributed by atoms with Crippen LogP contribution in [0.15, 0.2) is 18.2 Å². The lowest BCUT2D eigenvalue weighted by Crippen LogP contribution is -2.46. The largest absolute Gasteiger partial charge is 0.494 e. The van der Waals surface area contributed by atoms with Gasteiger partial charge in [0.25, 0.3) is 0 Å². The van der Waals surface area contributed by atoms with E-state index < -0.39 is 0 Å². The number of hydrogen-bond acceptors (Lipinski definition) is 3. The zero-order chi connectivity index (χ0) is 16.7. The number of ether oxygens (including phenoxy) is 1. The molecule has 1 aromatic rings. The van der Waals surface area contributed by atoms with Crippen LogP contribution < -0.4 is 10.1 Å². The fraction of sp³-hybridized carbons (Fsp3) is 0.611. The minimum absolute atomic E-state index is 0. The van der Waals surface area contributed by atoms with Crippen molar-refractivity contribution < 1.29 is 13.9 Å². The monoisotopic (exact) mass is 358 g/mol. The first kappa shape index (κ1) is 20.7. The van der Waals surface area contributed by atoms with Gasteiger partial charge in [-0.05, 0) is 56.5 Å². The Balaban J connectivity index is 0.00000288. The fourth-order valence-corrected chi connectivity index (χ4v) is 3.13. The summed E-state index contributed by atoms with van der Waals surface area (Å²) in [5, 5.41) is 3.33. The maximum Gasteiger partial charge on any atom is 0.223 e. The van der Waals surface area contributed by atoms with Crippen molar-refractivity contribution in [1.82, 2.24) is 10.2 Å². The normalized spacial score (nSPS) is 14.8. The first-order valence-corrected chi connectivity index (χ1v) is 8.48. The number of benzene rings is 1. The van der Waals surface area contributed by atoms with Gasteiger partial charge in [-0.2, -0.15) is 0 Å². The SMILES string of the molecule is CCCN(C(=O)CCc1ccc(OC)c(F)c1)C1CCNCC1.Cl. The predicted molar refractivity (Wildman–Crippen MR) is 96.4 cm³/mol. The third-order valence-electron chi connectivity index (χ3n) is 4.38. The predicted octanol–water partition coefficient (Wildman–Crippen LogP) is 3.18. The molecule has 0 bridgehead atoms. The maximum atomic E-state index is 13.7. The number of piperidine rings is 1. The summed E-state index contributed by atoms with van der Waals surface area (Å²) in [6.45, 7) is 4.85. The average Bonchev–Trinajstić information content (AvgIpc) is 2.58. The van der Waals surface area contributed by atoms with E-state index in [2.05, 4.69) is 12.2 Å². The number of amides is 1. The van der Waals surface area contributed by atoms with Gasteiger partial charge in [-0.1, -0.05) is 13.0 Å². The van der Waals surface area contributed by atoms with E-state index in [1.165, 1.54) is 13.2 Å². The van der Waals surface area contributed by atoms with Crippen molar-refractivity contribution in [2.75, 3.05) is 26.7 Å². The molecule has 4 nitrogen and oxygen atoms in total. The average molecular weight is 359 g/mol. The Hall–Kier alpha value is -1.33. The Morgan fingerprint density at radius 3 is 2.67 bits per heavy atom. The third kappa shape index (κ3) is 5.64. The lowest BCUT2D eigenvalue weighted by molar-refractivity contribution is -0.134. The Bertz CT molecular complexity index is 522. The van der Waals surface area contributed by atoms with E-state index in [1.54, 1.807) is 6.07 Å². The molecule has 1 aliphatic rings. The first-order chi connectivity index (χ1) is 11.2. The molecule has 136 valence electrons. The summed E-state index contributed by atoms with van der Waals surface area (Å²) in [7, 11) is 1.45. The minimum Gasteiger partial charge on any atom is -0.494 e. The molecule has 0 spiro atoms. The molecule has 0 saturated carbocycles. The van der Waals surface area contributed by atoms with Crippen molar-refractivity contribution in [3.63, 3.8) is 0 Å². The molecule has 0 aliphatic carbocycles. The highest BCUT2D eigenvalue weighted by atomic mass is 35.5. The van der Waals surface area contributed by atoms with Crippen molar-refractivity contribution in [1.29, 1.82) is 0 Å². The van der Waals surface area contributed by atoms with E-state index in [9.17, 15) is 9.18 Å². The van der Waals surface area contributed by atoms with Gasteiger partial charge in [0, 0.05) is 19.0 Å². The number of rotatable bonds is 7. The Labute approximate surface area is 150 Å². The standard InChI is InChI=1S/C18H27FN2O2.ClH/c1-3-12-21(15-8-10-20-11-9-15)18(22)7-5-14-4-6-17(23-2)16(19)13-14;/h4,6,13,15,20H,3,5,7-12H2,1-2H3;1H. The van der Waals surface area contributed by atoms with Crippen LogP contribution in [0.5, 0.6) is 5.75 Å². The molecule has 0 atom stereocenters. The van der Waals surface area contributed by atoms with Crippen molar-refractivity contribution in [2.45, 2.75) is 45.1 Å². The van der Waals surface area contributed by atoms with Crippen molar-refractivity contribution in [3.8, 4) is 5.75 Å². The van der Waals surface area contributed by atoms with E-state index in [4.69, 9.17) is 4.74 Å². The fourth-order valence-electron chi connectivity index (χ4n) is 3.13. The topological polar surface area (TPSA) is 41.6 Å². The van der Waals surface area contributed by atoms with Gasteiger partial charge in [0.1, 0.15) is 0 Å². The van der Waals surface area contributed by atoms with E-state index in [0.29, 0.717) is 18.9 Å². The molecule has 1 aliphatic heterocycles. The van der Waals surface area contributed by atoms with Gasteiger partial charge in [0.05, 0.1) is 7.11 Å². The maximum absolute atomic E-state index is 13.7. The molecule has 24 heavy (non-hydrogen) atoms. The highest BCUT2D eigenvalue weighted by molar-refractivity contribution is 5.85. The molecule has 1 fully saturated rings. The number of nitrogens with zero attached hydrogens (tertiary/aromatic N) is 1. The number of halogens is 2. The summed E-state index contributed by atoms with van der Waals surface area (Å²) in [4.78, 5) is 14.6. The quantitative estimate of drug-likeness (QED) is 0.814. The van der Waals surface area contributed by atoms with Crippen molar-refractivity contribution in [2.24, 2.45) is 0 Å². The van der Waals surface area contributed by atoms with Crippen LogP contribution in [0, 0.1) is 5.82 Å². The Morgan fingerprint density at radius 1 is 1.38 bits per heavy atom. The minimum atomic E-state index is -0.374. The second-order valence-corrected chi connectivity index (χ2v) is 6.04. The number of aryl methyl sites for hydroxylation is 1. The van der Waals surface area contributed by atoms with Crippen LogP contribution in [0.1, 0.15) is 38.2 Å². The third-order valence-corrected chi connectivity index (χ3v) is 4.38. The van der Waals surface area contributed by atoms with Gasteiger partial charge in [-0.15, -0.1) is 12.4 Å². The lowest BCUT2D eigenvalue weighted by atomic mass is 10.0. The van der Waals surface area contributed by atoms with E-state index in [1.807, 2.05) is 11.0 Å². The van der Waals surface area contributed by atoms with Gasteiger partial charge in [-0.3, -0.25) is 4.79 Å². The van der Waals surface area contributed by atoms with E-state index in [0.717, 1.165) is 44.5 Å². The van der Waals surface area contributed by atoms with Crippen molar-refractivity contribution in [3.05, 3.63) is 29.6 Å². The van der Waals surface area contributed by atoms with E-state index >= 15 is 0 Å². The molecule has 0 radical (unpaired) electrons. The Morgan fingerprint density at radius 2 is 2.08 bits per heavy atom. The molecule has 0 unspecified atom stereocenters. The smallest absolute Gasteiger partial charge is 0.223 e. The summed E-state index contributed by atoms with van der Waals surface area (Å²) >= 11 is 0. The number of nitrogens with one attached hydrogen (secondary N) is 1. The van der Waals surface area contributed by atoms with Gasteiger partial charge < -0.3 is 15.0 Å². The summed E-state index contributed by atoms with van der Waals surface area (Å²) in [6.07, 6.45) is 3.99. The summed E-state index contributed by atoms with van der Waals surface area (Å²) in [5.74, 6) is 0.0404. The molecular weight excluding hydrogens is 331 g/mol. The second-order valence-electron chi connectivity index (χ2n) is 6.04. The molecule has 1 aromatic carbocycles. The summed E-state index contributed by atoms with van der Waals surface area (Å²) in [5.41, 5.74) is 0.832. The van der Waals surface area contributed by atoms with Crippen LogP contribution in [0.3, 0.4) is 0 Å². The molecule has 1 saturated heterocycles. The van der Waals surface area contributed by atoms with Gasteiger partial charge in [0.2, 0.25) is 5.91 Å². The molecule has 2 rings (SSSR count). The molecule has 0 aromatic heterocycles. The van der Waals surface area contributed by atoms with Crippen LogP contribution in [0.4, 0.5) is 4.39 Å². The first-order valence-electron chi connectivity index (χ1n) is 8.48. The second kappa shape index (κ2) is 10.5. The van der Waals surface area contributed by atoms with Gasteiger partial charge in [0.15, 0.2) is 11.6 Å². The molecule has 6 heteroatoms. The van der Waals surface area contributed by atoms with E-state index in [-0.39, 0.29) is 29.9 Å². The van der Waals surface area contributed by atoms with Gasteiger partial charge in [-0.25, -0.2) is 4.39 Å². The summed E-state index contributed by atoms with van der Waals surface area (Å²) in [6, 6.07) is 5.24. The molecule has 1 heterocycles. The molecular formula is C18H28ClFN2O2. The van der Waals surface area contributed by atoms with Crippen LogP contribution in [0.25, 0.3) is 0 Å². The van der Waals surface area contributed by atoms with Gasteiger partial charge >= 0.3 is 0 Å². The van der Waals surface area contributed by atoms with Crippen molar-refractivity contribution >= 4 is 18.3 Å². The number of hydrogen-bond donors (Lipinski definition) is 1. The zero-order valence-corrected chi connectivity index (χ0v) is 15.3. The number of carbonyl (C=O) groups is 1. The van der Waals surface area contributed by atoms with Crippen LogP contribution >= 0.6 is 12.4 Å². The van der Waals surface area contributed by atoms with Crippen LogP contribution in [-0.2, 0) is 11.2 Å². The lowest BCUT2D eigenvalue weighted by Gasteiger charge is -2.34. The van der Waals surface area contributed by atoms with Crippen LogP contribution in [0.2, 0.25) is 0 Å². The Kier molecular flexibility index (Phi) is 9.08. The summed E-state index contributed by atoms with van der Waals surface area (Å²) < 4.78 is 18.6. The van der Waals surface area contributed by atoms with Crippen LogP contribution in [-0.4, -0.2) is 43.6 Å². The zero-order valence-electron chi connectivity index (χ0n) is 14.5. The number of carbonyl (C=O) groups excluding carboxylic acids is 1. The molecule has 1 amide bonds. The highest BCUT2D eigenvalue weighted by Crippen LogP contribution is 2.19. The highest BCUT2D eigenvalue weighted by Gasteiger charge is 2.24.